The van der Waals surface area contributed by atoms with Crippen LogP contribution < -0.4 is 5.73 Å². The number of fused-ring (bicyclic) bond motifs is 3. The fourth-order valence-electron chi connectivity index (χ4n) is 6.57. The standard InChI is InChI=1S/C26H34N6O3/c27-23(34)19-4-1-5-20-22(19)29-25(28-20)26-9-2-3-17(15-26)16-32(26)10-8-21(33)30-11-13-31(14-12-30)24(35)18-6-7-18/h1,4-5,17-18H,2-3,6-16H2,(H2,27,34)(H,28,29)/t17-,26-/m1/s1. The normalized spacial score (nSPS) is 26.9. The maximum Gasteiger partial charge on any atom is 0.250 e. The van der Waals surface area contributed by atoms with Gasteiger partial charge in [0.05, 0.1) is 16.6 Å². The molecule has 2 saturated carbocycles. The minimum atomic E-state index is -0.472. The zero-order chi connectivity index (χ0) is 24.2. The number of imidazole rings is 1. The fraction of sp³-hybridized carbons (Fsp3) is 0.615. The summed E-state index contributed by atoms with van der Waals surface area (Å²) in [6.07, 6.45) is 6.86. The molecular weight excluding hydrogens is 444 g/mol. The molecular formula is C26H34N6O3. The largest absolute Gasteiger partial charge is 0.366 e. The first-order chi connectivity index (χ1) is 16.9. The number of nitrogens with one attached hydrogen (secondary N) is 1. The number of carbonyl (C=O) groups excluding carboxylic acids is 3. The summed E-state index contributed by atoms with van der Waals surface area (Å²) >= 11 is 0. The summed E-state index contributed by atoms with van der Waals surface area (Å²) < 4.78 is 0. The van der Waals surface area contributed by atoms with Gasteiger partial charge < -0.3 is 20.5 Å². The van der Waals surface area contributed by atoms with Crippen molar-refractivity contribution in [3.05, 3.63) is 29.6 Å². The van der Waals surface area contributed by atoms with Crippen LogP contribution in [0.4, 0.5) is 0 Å². The van der Waals surface area contributed by atoms with Crippen molar-refractivity contribution in [2.24, 2.45) is 17.6 Å². The molecule has 2 bridgehead atoms. The van der Waals surface area contributed by atoms with E-state index in [1.165, 1.54) is 6.42 Å². The van der Waals surface area contributed by atoms with Crippen molar-refractivity contribution in [3.63, 3.8) is 0 Å². The number of hydrogen-bond acceptors (Lipinski definition) is 5. The lowest BCUT2D eigenvalue weighted by atomic mass is 9.79. The van der Waals surface area contributed by atoms with Gasteiger partial charge in [-0.25, -0.2) is 4.98 Å². The highest BCUT2D eigenvalue weighted by Crippen LogP contribution is 2.50. The van der Waals surface area contributed by atoms with E-state index in [4.69, 9.17) is 10.7 Å². The third kappa shape index (κ3) is 3.99. The van der Waals surface area contributed by atoms with Gasteiger partial charge in [0.15, 0.2) is 0 Å². The van der Waals surface area contributed by atoms with Gasteiger partial charge in [0.1, 0.15) is 11.3 Å². The molecule has 4 aliphatic rings. The molecule has 6 rings (SSSR count). The molecule has 0 spiro atoms. The first kappa shape index (κ1) is 22.5. The van der Waals surface area contributed by atoms with Crippen molar-refractivity contribution in [1.82, 2.24) is 24.7 Å². The average Bonchev–Trinajstić information content (AvgIpc) is 3.57. The first-order valence-electron chi connectivity index (χ1n) is 13.1. The number of para-hydroxylation sites is 1. The number of aromatic amines is 1. The summed E-state index contributed by atoms with van der Waals surface area (Å²) in [6, 6.07) is 5.49. The minimum absolute atomic E-state index is 0.167. The van der Waals surface area contributed by atoms with Gasteiger partial charge in [-0.1, -0.05) is 12.5 Å². The molecule has 3 amide bonds. The SMILES string of the molecule is NC(=O)c1cccc2[nH]c([C@]34CCC[C@@H](CN3CCC(=O)N3CCN(C(=O)C5CC5)CC3)C4)nc12. The van der Waals surface area contributed by atoms with Gasteiger partial charge in [-0.3, -0.25) is 19.3 Å². The Kier molecular flexibility index (Phi) is 5.55. The molecule has 9 nitrogen and oxygen atoms in total. The molecule has 2 aliphatic heterocycles. The Hall–Kier alpha value is -2.94. The lowest BCUT2D eigenvalue weighted by molar-refractivity contribution is -0.140. The summed E-state index contributed by atoms with van der Waals surface area (Å²) in [5.74, 6) is 1.69. The maximum absolute atomic E-state index is 13.1. The summed E-state index contributed by atoms with van der Waals surface area (Å²) in [6.45, 7) is 4.22. The van der Waals surface area contributed by atoms with E-state index in [-0.39, 0.29) is 23.3 Å². The van der Waals surface area contributed by atoms with Gasteiger partial charge >= 0.3 is 0 Å². The number of nitrogens with zero attached hydrogens (tertiary/aromatic N) is 4. The van der Waals surface area contributed by atoms with Crippen molar-refractivity contribution in [1.29, 1.82) is 0 Å². The van der Waals surface area contributed by atoms with Crippen LogP contribution in [0.5, 0.6) is 0 Å². The number of primary amides is 1. The number of rotatable bonds is 6. The van der Waals surface area contributed by atoms with Crippen molar-refractivity contribution in [2.45, 2.75) is 50.5 Å². The fourth-order valence-corrected chi connectivity index (χ4v) is 6.57. The molecule has 2 saturated heterocycles. The third-order valence-electron chi connectivity index (χ3n) is 8.60. The van der Waals surface area contributed by atoms with E-state index in [9.17, 15) is 14.4 Å². The van der Waals surface area contributed by atoms with Crippen molar-refractivity contribution < 1.29 is 14.4 Å². The van der Waals surface area contributed by atoms with E-state index in [0.717, 1.165) is 50.0 Å². The monoisotopic (exact) mass is 478 g/mol. The summed E-state index contributed by atoms with van der Waals surface area (Å²) in [7, 11) is 0. The van der Waals surface area contributed by atoms with Crippen LogP contribution >= 0.6 is 0 Å². The highest BCUT2D eigenvalue weighted by molar-refractivity contribution is 6.04. The molecule has 4 fully saturated rings. The zero-order valence-electron chi connectivity index (χ0n) is 20.2. The number of amides is 3. The predicted octanol–water partition coefficient (Wildman–Crippen LogP) is 1.83. The van der Waals surface area contributed by atoms with Crippen molar-refractivity contribution in [3.8, 4) is 0 Å². The van der Waals surface area contributed by atoms with E-state index < -0.39 is 5.91 Å². The summed E-state index contributed by atoms with van der Waals surface area (Å²) in [4.78, 5) is 52.1. The van der Waals surface area contributed by atoms with Gasteiger partial charge in [0.2, 0.25) is 11.8 Å². The van der Waals surface area contributed by atoms with E-state index in [1.807, 2.05) is 21.9 Å². The molecule has 0 unspecified atom stereocenters. The average molecular weight is 479 g/mol. The number of likely N-dealkylation sites (tertiary alicyclic amines) is 1. The number of nitrogens with two attached hydrogens (primary N) is 1. The lowest BCUT2D eigenvalue weighted by Gasteiger charge is -2.39. The maximum atomic E-state index is 13.1. The zero-order valence-corrected chi connectivity index (χ0v) is 20.2. The molecule has 1 aromatic carbocycles. The summed E-state index contributed by atoms with van der Waals surface area (Å²) in [5, 5.41) is 0. The molecule has 35 heavy (non-hydrogen) atoms. The number of piperazine rings is 1. The number of H-pyrrole nitrogens is 1. The van der Waals surface area contributed by atoms with E-state index in [0.29, 0.717) is 56.1 Å². The van der Waals surface area contributed by atoms with Crippen LogP contribution in [0.25, 0.3) is 11.0 Å². The van der Waals surface area contributed by atoms with Crippen LogP contribution in [0.2, 0.25) is 0 Å². The predicted molar refractivity (Wildman–Crippen MR) is 130 cm³/mol. The quantitative estimate of drug-likeness (QED) is 0.657. The number of aromatic nitrogens is 2. The molecule has 9 heteroatoms. The Labute approximate surface area is 205 Å². The highest BCUT2D eigenvalue weighted by Gasteiger charge is 2.51. The molecule has 2 aliphatic carbocycles. The van der Waals surface area contributed by atoms with Crippen molar-refractivity contribution in [2.75, 3.05) is 39.3 Å². The van der Waals surface area contributed by atoms with Gasteiger partial charge in [0, 0.05) is 51.6 Å². The van der Waals surface area contributed by atoms with Crippen LogP contribution in [0.15, 0.2) is 18.2 Å². The van der Waals surface area contributed by atoms with Crippen LogP contribution in [0, 0.1) is 11.8 Å². The number of hydrogen-bond donors (Lipinski definition) is 2. The second-order valence-electron chi connectivity index (χ2n) is 10.8. The molecule has 2 aromatic rings. The van der Waals surface area contributed by atoms with Gasteiger partial charge in [-0.2, -0.15) is 0 Å². The van der Waals surface area contributed by atoms with Crippen LogP contribution in [0.3, 0.4) is 0 Å². The number of benzene rings is 1. The van der Waals surface area contributed by atoms with Gasteiger partial charge in [-0.15, -0.1) is 0 Å². The van der Waals surface area contributed by atoms with Crippen LogP contribution in [0.1, 0.15) is 61.1 Å². The second kappa shape index (κ2) is 8.62. The second-order valence-corrected chi connectivity index (χ2v) is 10.8. The van der Waals surface area contributed by atoms with Gasteiger partial charge in [0.25, 0.3) is 5.91 Å². The molecule has 1 aromatic heterocycles. The molecule has 3 N–H and O–H groups in total. The molecule has 0 radical (unpaired) electrons. The molecule has 2 atom stereocenters. The minimum Gasteiger partial charge on any atom is -0.366 e. The van der Waals surface area contributed by atoms with Gasteiger partial charge in [-0.05, 0) is 50.2 Å². The van der Waals surface area contributed by atoms with E-state index >= 15 is 0 Å². The Morgan fingerprint density at radius 1 is 1.09 bits per heavy atom. The Morgan fingerprint density at radius 3 is 2.60 bits per heavy atom. The highest BCUT2D eigenvalue weighted by atomic mass is 16.2. The molecule has 3 heterocycles. The molecule has 186 valence electrons. The summed E-state index contributed by atoms with van der Waals surface area (Å²) in [5.41, 5.74) is 7.26. The lowest BCUT2D eigenvalue weighted by Crippen LogP contribution is -2.51. The van der Waals surface area contributed by atoms with Crippen molar-refractivity contribution >= 4 is 28.8 Å². The third-order valence-corrected chi connectivity index (χ3v) is 8.60. The smallest absolute Gasteiger partial charge is 0.250 e. The van der Waals surface area contributed by atoms with E-state index in [2.05, 4.69) is 9.88 Å². The van der Waals surface area contributed by atoms with Crippen LogP contribution in [-0.4, -0.2) is 81.7 Å². The first-order valence-corrected chi connectivity index (χ1v) is 13.1. The Balaban J connectivity index is 1.15. The van der Waals surface area contributed by atoms with Crippen LogP contribution in [-0.2, 0) is 15.1 Å². The Morgan fingerprint density at radius 2 is 1.86 bits per heavy atom. The van der Waals surface area contributed by atoms with E-state index in [1.54, 1.807) is 6.07 Å². The topological polar surface area (TPSA) is 116 Å². The number of carbonyl (C=O) groups is 3. The Bertz CT molecular complexity index is 1170.